The molecule has 204 valence electrons. The monoisotopic (exact) mass is 543 g/mol. The van der Waals surface area contributed by atoms with E-state index in [1.165, 1.54) is 11.7 Å². The van der Waals surface area contributed by atoms with Gasteiger partial charge in [0.05, 0.1) is 29.6 Å². The van der Waals surface area contributed by atoms with Crippen molar-refractivity contribution < 1.29 is 31.7 Å². The van der Waals surface area contributed by atoms with Gasteiger partial charge in [-0.1, -0.05) is 6.07 Å². The lowest BCUT2D eigenvalue weighted by molar-refractivity contribution is 0.0547. The molecule has 0 fully saturated rings. The van der Waals surface area contributed by atoms with E-state index in [1.807, 2.05) is 43.3 Å². The van der Waals surface area contributed by atoms with Crippen molar-refractivity contribution in [2.45, 2.75) is 46.1 Å². The van der Waals surface area contributed by atoms with Gasteiger partial charge in [0.25, 0.3) is 5.91 Å². The summed E-state index contributed by atoms with van der Waals surface area (Å²) >= 11 is 0. The minimum absolute atomic E-state index is 0.0268. The Kier molecular flexibility index (Phi) is 7.30. The fourth-order valence-corrected chi connectivity index (χ4v) is 5.13. The van der Waals surface area contributed by atoms with Crippen molar-refractivity contribution in [3.8, 4) is 17.0 Å². The second-order valence-electron chi connectivity index (χ2n) is 10.6. The molecule has 0 saturated carbocycles. The first-order valence-corrected chi connectivity index (χ1v) is 13.9. The van der Waals surface area contributed by atoms with Crippen molar-refractivity contribution >= 4 is 33.0 Å². The van der Waals surface area contributed by atoms with Crippen molar-refractivity contribution in [3.63, 3.8) is 0 Å². The maximum Gasteiger partial charge on any atom is 0.419 e. The summed E-state index contributed by atoms with van der Waals surface area (Å²) in [6.07, 6.45) is 0.347. The smallest absolute Gasteiger partial charge is 0.419 e. The van der Waals surface area contributed by atoms with Gasteiger partial charge in [0, 0.05) is 42.3 Å². The molecule has 0 saturated heterocycles. The van der Waals surface area contributed by atoms with Gasteiger partial charge >= 0.3 is 16.2 Å². The molecule has 1 aliphatic rings. The number of fused-ring (bicyclic) bond motifs is 2. The van der Waals surface area contributed by atoms with Gasteiger partial charge < -0.3 is 23.9 Å². The molecule has 2 heterocycles. The number of hydrogen-bond donors (Lipinski definition) is 1. The topological polar surface area (TPSA) is 116 Å². The number of carbonyl (C=O) groups is 2. The summed E-state index contributed by atoms with van der Waals surface area (Å²) in [4.78, 5) is 28.7. The van der Waals surface area contributed by atoms with Crippen LogP contribution in [0.4, 0.5) is 4.79 Å². The van der Waals surface area contributed by atoms with E-state index in [-0.39, 0.29) is 24.5 Å². The van der Waals surface area contributed by atoms with E-state index in [9.17, 15) is 18.0 Å². The third-order valence-electron chi connectivity index (χ3n) is 5.86. The molecular formula is C27H33N3O7S. The minimum Gasteiger partial charge on any atom is -0.443 e. The van der Waals surface area contributed by atoms with Crippen LogP contribution < -0.4 is 9.50 Å². The van der Waals surface area contributed by atoms with E-state index in [0.29, 0.717) is 34.4 Å². The Hall–Kier alpha value is -3.41. The van der Waals surface area contributed by atoms with Crippen molar-refractivity contribution in [2.75, 3.05) is 27.5 Å². The Labute approximate surface area is 222 Å². The van der Waals surface area contributed by atoms with Gasteiger partial charge in [-0.05, 0) is 64.7 Å². The quantitative estimate of drug-likeness (QED) is 0.447. The molecule has 2 aromatic carbocycles. The normalized spacial score (nSPS) is 13.6. The molecule has 1 aromatic heterocycles. The Bertz CT molecular complexity index is 1530. The summed E-state index contributed by atoms with van der Waals surface area (Å²) in [5.41, 5.74) is 2.85. The number of rotatable bonds is 7. The van der Waals surface area contributed by atoms with Crippen LogP contribution in [0, 0.1) is 0 Å². The van der Waals surface area contributed by atoms with Crippen LogP contribution in [0.2, 0.25) is 0 Å². The molecule has 38 heavy (non-hydrogen) atoms. The first-order chi connectivity index (χ1) is 17.7. The highest BCUT2D eigenvalue weighted by molar-refractivity contribution is 7.86. The first kappa shape index (κ1) is 27.6. The number of nitrogens with zero attached hydrogens (tertiary/aromatic N) is 2. The van der Waals surface area contributed by atoms with Gasteiger partial charge in [-0.25, -0.2) is 9.36 Å². The molecule has 0 atom stereocenters. The predicted molar refractivity (Wildman–Crippen MR) is 144 cm³/mol. The van der Waals surface area contributed by atoms with Crippen LogP contribution in [0.1, 0.15) is 47.8 Å². The second-order valence-corrected chi connectivity index (χ2v) is 12.2. The highest BCUT2D eigenvalue weighted by atomic mass is 32.2. The predicted octanol–water partition coefficient (Wildman–Crippen LogP) is 3.88. The highest BCUT2D eigenvalue weighted by Crippen LogP contribution is 2.41. The number of nitrogens with one attached hydrogen (secondary N) is 1. The zero-order valence-electron chi connectivity index (χ0n) is 22.7. The molecule has 0 radical (unpaired) electrons. The molecule has 11 heteroatoms. The van der Waals surface area contributed by atoms with Crippen LogP contribution in [0.25, 0.3) is 22.2 Å². The summed E-state index contributed by atoms with van der Waals surface area (Å²) < 4.78 is 42.0. The van der Waals surface area contributed by atoms with Gasteiger partial charge in [0.2, 0.25) is 0 Å². The Balaban J connectivity index is 2.04. The SMILES string of the molecule is COCc1cc(-c2cc3cc(CN(C)C)ccc3n2C(=O)OC(C)(C)C)c2c(c1OS(C)(=O)=O)CNC2=O. The number of amides is 1. The molecule has 0 unspecified atom stereocenters. The van der Waals surface area contributed by atoms with Crippen molar-refractivity contribution in [3.05, 3.63) is 52.6 Å². The van der Waals surface area contributed by atoms with Crippen LogP contribution >= 0.6 is 0 Å². The highest BCUT2D eigenvalue weighted by Gasteiger charge is 2.33. The number of aromatic nitrogens is 1. The molecule has 1 amide bonds. The van der Waals surface area contributed by atoms with Crippen LogP contribution in [0.15, 0.2) is 30.3 Å². The van der Waals surface area contributed by atoms with Gasteiger partial charge in [0.1, 0.15) is 5.60 Å². The van der Waals surface area contributed by atoms with E-state index in [2.05, 4.69) is 5.32 Å². The van der Waals surface area contributed by atoms with Crippen LogP contribution in [0.5, 0.6) is 5.75 Å². The maximum absolute atomic E-state index is 13.5. The maximum atomic E-state index is 13.5. The fraction of sp³-hybridized carbons (Fsp3) is 0.407. The average Bonchev–Trinajstić information content (AvgIpc) is 3.34. The summed E-state index contributed by atoms with van der Waals surface area (Å²) in [6.45, 7) is 6.15. The summed E-state index contributed by atoms with van der Waals surface area (Å²) in [5, 5.41) is 3.55. The molecule has 0 spiro atoms. The lowest BCUT2D eigenvalue weighted by atomic mass is 9.95. The summed E-state index contributed by atoms with van der Waals surface area (Å²) in [5.74, 6) is -0.341. The number of methoxy groups -OCH3 is 1. The van der Waals surface area contributed by atoms with E-state index in [0.717, 1.165) is 17.2 Å². The first-order valence-electron chi connectivity index (χ1n) is 12.1. The minimum atomic E-state index is -3.89. The Morgan fingerprint density at radius 1 is 1.16 bits per heavy atom. The molecule has 1 aliphatic heterocycles. The van der Waals surface area contributed by atoms with Crippen LogP contribution in [-0.2, 0) is 39.3 Å². The van der Waals surface area contributed by atoms with Gasteiger partial charge in [-0.2, -0.15) is 8.42 Å². The largest absolute Gasteiger partial charge is 0.443 e. The average molecular weight is 544 g/mol. The van der Waals surface area contributed by atoms with Crippen LogP contribution in [0.3, 0.4) is 0 Å². The molecule has 3 aromatic rings. The van der Waals surface area contributed by atoms with Gasteiger partial charge in [-0.3, -0.25) is 4.79 Å². The number of carbonyl (C=O) groups excluding carboxylic acids is 2. The lowest BCUT2D eigenvalue weighted by Crippen LogP contribution is -2.27. The van der Waals surface area contributed by atoms with Gasteiger partial charge in [-0.15, -0.1) is 0 Å². The molecule has 0 bridgehead atoms. The summed E-state index contributed by atoms with van der Waals surface area (Å²) in [6, 6.07) is 9.29. The zero-order chi connectivity index (χ0) is 28.0. The number of hydrogen-bond acceptors (Lipinski definition) is 8. The molecular weight excluding hydrogens is 510 g/mol. The van der Waals surface area contributed by atoms with Crippen molar-refractivity contribution in [1.29, 1.82) is 0 Å². The summed E-state index contributed by atoms with van der Waals surface area (Å²) in [7, 11) is 1.53. The third-order valence-corrected chi connectivity index (χ3v) is 6.33. The van der Waals surface area contributed by atoms with E-state index in [4.69, 9.17) is 13.7 Å². The third kappa shape index (κ3) is 5.69. The van der Waals surface area contributed by atoms with Crippen molar-refractivity contribution in [2.24, 2.45) is 0 Å². The fourth-order valence-electron chi connectivity index (χ4n) is 4.62. The molecule has 0 aliphatic carbocycles. The van der Waals surface area contributed by atoms with Gasteiger partial charge in [0.15, 0.2) is 5.75 Å². The lowest BCUT2D eigenvalue weighted by Gasteiger charge is -2.22. The standard InChI is InChI=1S/C27H33N3O7S/c1-27(2,3)36-26(32)30-21-9-8-16(14-29(4)5)10-17(21)12-22(30)19-11-18(15-35-6)24(37-38(7,33)34)20-13-28-25(31)23(19)20/h8-12H,13-15H2,1-7H3,(H,28,31). The number of benzene rings is 2. The Morgan fingerprint density at radius 2 is 1.87 bits per heavy atom. The van der Waals surface area contributed by atoms with E-state index >= 15 is 0 Å². The molecule has 4 rings (SSSR count). The molecule has 10 nitrogen and oxygen atoms in total. The van der Waals surface area contributed by atoms with Crippen LogP contribution in [-0.4, -0.2) is 62.9 Å². The molecule has 1 N–H and O–H groups in total. The zero-order valence-corrected chi connectivity index (χ0v) is 23.5. The van der Waals surface area contributed by atoms with E-state index in [1.54, 1.807) is 26.8 Å². The van der Waals surface area contributed by atoms with Crippen molar-refractivity contribution in [1.82, 2.24) is 14.8 Å². The van der Waals surface area contributed by atoms with E-state index < -0.39 is 27.7 Å². The Morgan fingerprint density at radius 3 is 2.47 bits per heavy atom. The number of ether oxygens (including phenoxy) is 2. The second kappa shape index (κ2) is 10.0.